The highest BCUT2D eigenvalue weighted by atomic mass is 16.5. The summed E-state index contributed by atoms with van der Waals surface area (Å²) in [6.07, 6.45) is 2.37. The number of hydrogen-bond donors (Lipinski definition) is 1. The average molecular weight is 388 g/mol. The van der Waals surface area contributed by atoms with E-state index in [4.69, 9.17) is 4.74 Å². The molecule has 0 radical (unpaired) electrons. The molecule has 2 amide bonds. The zero-order chi connectivity index (χ0) is 20.4. The summed E-state index contributed by atoms with van der Waals surface area (Å²) in [6.45, 7) is 0. The second kappa shape index (κ2) is 7.83. The molecule has 0 saturated heterocycles. The van der Waals surface area contributed by atoms with Gasteiger partial charge in [-0.05, 0) is 48.2 Å². The van der Waals surface area contributed by atoms with Crippen molar-refractivity contribution in [3.63, 3.8) is 0 Å². The van der Waals surface area contributed by atoms with Crippen molar-refractivity contribution in [1.82, 2.24) is 0 Å². The summed E-state index contributed by atoms with van der Waals surface area (Å²) in [4.78, 5) is 41.9. The number of fused-ring (bicyclic) bond motifs is 1. The maximum absolute atomic E-state index is 12.7. The standard InChI is InChI=1S/C23H20N2O4/c1-29-17-9-7-16(8-10-17)24-22(27)19-13-18-20(25-23(19)28)11-15(12-21(18)26)14-5-3-2-4-6-14/h2-10,13,15,18H,11-12H2,1H3,(H,24,27). The summed E-state index contributed by atoms with van der Waals surface area (Å²) >= 11 is 0. The quantitative estimate of drug-likeness (QED) is 0.815. The number of ketones is 1. The fraction of sp³-hybridized carbons (Fsp3) is 0.217. The zero-order valence-corrected chi connectivity index (χ0v) is 15.9. The van der Waals surface area contributed by atoms with E-state index in [1.54, 1.807) is 31.4 Å². The van der Waals surface area contributed by atoms with Crippen molar-refractivity contribution in [3.05, 3.63) is 71.8 Å². The number of methoxy groups -OCH3 is 1. The van der Waals surface area contributed by atoms with Gasteiger partial charge in [0.25, 0.3) is 11.8 Å². The molecule has 2 aromatic carbocycles. The summed E-state index contributed by atoms with van der Waals surface area (Å²) in [7, 11) is 1.55. The number of aliphatic imine (C=N–C) groups is 1. The fourth-order valence-electron chi connectivity index (χ4n) is 3.75. The molecule has 2 atom stereocenters. The van der Waals surface area contributed by atoms with E-state index >= 15 is 0 Å². The summed E-state index contributed by atoms with van der Waals surface area (Å²) < 4.78 is 5.09. The minimum absolute atomic E-state index is 0.00887. The molecule has 1 N–H and O–H groups in total. The van der Waals surface area contributed by atoms with E-state index in [1.807, 2.05) is 30.3 Å². The van der Waals surface area contributed by atoms with Crippen molar-refractivity contribution in [2.24, 2.45) is 10.9 Å². The second-order valence-corrected chi connectivity index (χ2v) is 7.13. The van der Waals surface area contributed by atoms with Crippen LogP contribution in [0.2, 0.25) is 0 Å². The molecule has 4 rings (SSSR count). The predicted molar refractivity (Wildman–Crippen MR) is 109 cm³/mol. The van der Waals surface area contributed by atoms with Crippen LogP contribution in [-0.2, 0) is 14.4 Å². The molecular weight excluding hydrogens is 368 g/mol. The monoisotopic (exact) mass is 388 g/mol. The number of nitrogens with zero attached hydrogens (tertiary/aromatic N) is 1. The Morgan fingerprint density at radius 3 is 2.45 bits per heavy atom. The lowest BCUT2D eigenvalue weighted by Crippen LogP contribution is -2.36. The van der Waals surface area contributed by atoms with Gasteiger partial charge in [-0.3, -0.25) is 14.4 Å². The van der Waals surface area contributed by atoms with E-state index in [0.29, 0.717) is 30.0 Å². The van der Waals surface area contributed by atoms with Gasteiger partial charge in [0.15, 0.2) is 0 Å². The molecule has 29 heavy (non-hydrogen) atoms. The highest BCUT2D eigenvalue weighted by Crippen LogP contribution is 2.35. The number of carbonyl (C=O) groups excluding carboxylic acids is 3. The number of ether oxygens (including phenoxy) is 1. The van der Waals surface area contributed by atoms with Crippen LogP contribution in [0.4, 0.5) is 5.69 Å². The minimum Gasteiger partial charge on any atom is -0.497 e. The maximum atomic E-state index is 12.7. The van der Waals surface area contributed by atoms with Crippen molar-refractivity contribution in [3.8, 4) is 5.75 Å². The first-order chi connectivity index (χ1) is 14.0. The Morgan fingerprint density at radius 2 is 1.76 bits per heavy atom. The van der Waals surface area contributed by atoms with E-state index in [1.165, 1.54) is 6.08 Å². The van der Waals surface area contributed by atoms with E-state index in [0.717, 1.165) is 5.56 Å². The SMILES string of the molecule is COc1ccc(NC(=O)C2=CC3C(=O)CC(c4ccccc4)CC3=NC2=O)cc1. The number of benzene rings is 2. The van der Waals surface area contributed by atoms with Gasteiger partial charge in [0.2, 0.25) is 0 Å². The first-order valence-electron chi connectivity index (χ1n) is 9.42. The molecule has 146 valence electrons. The van der Waals surface area contributed by atoms with E-state index in [2.05, 4.69) is 10.3 Å². The van der Waals surface area contributed by atoms with Crippen LogP contribution in [-0.4, -0.2) is 30.4 Å². The number of dihydropyridines is 1. The number of rotatable bonds is 4. The summed E-state index contributed by atoms with van der Waals surface area (Å²) in [5.41, 5.74) is 2.03. The lowest BCUT2D eigenvalue weighted by atomic mass is 9.75. The van der Waals surface area contributed by atoms with E-state index in [-0.39, 0.29) is 17.3 Å². The van der Waals surface area contributed by atoms with Gasteiger partial charge in [0.05, 0.1) is 13.0 Å². The molecule has 1 aliphatic carbocycles. The maximum Gasteiger partial charge on any atom is 0.282 e. The van der Waals surface area contributed by atoms with Gasteiger partial charge < -0.3 is 10.1 Å². The Hall–Kier alpha value is -3.54. The number of carbonyl (C=O) groups is 3. The van der Waals surface area contributed by atoms with Gasteiger partial charge >= 0.3 is 0 Å². The number of nitrogens with one attached hydrogen (secondary N) is 1. The molecule has 0 aromatic heterocycles. The van der Waals surface area contributed by atoms with Crippen LogP contribution in [0.5, 0.6) is 5.75 Å². The lowest BCUT2D eigenvalue weighted by molar-refractivity contribution is -0.121. The van der Waals surface area contributed by atoms with Gasteiger partial charge in [-0.15, -0.1) is 0 Å². The van der Waals surface area contributed by atoms with Crippen LogP contribution >= 0.6 is 0 Å². The van der Waals surface area contributed by atoms with Crippen LogP contribution in [0.15, 0.2) is 71.2 Å². The fourth-order valence-corrected chi connectivity index (χ4v) is 3.75. The third-order valence-corrected chi connectivity index (χ3v) is 5.28. The molecule has 2 aromatic rings. The van der Waals surface area contributed by atoms with Crippen molar-refractivity contribution < 1.29 is 19.1 Å². The molecule has 2 aliphatic rings. The Morgan fingerprint density at radius 1 is 1.03 bits per heavy atom. The minimum atomic E-state index is -0.608. The molecule has 1 saturated carbocycles. The van der Waals surface area contributed by atoms with Crippen molar-refractivity contribution in [1.29, 1.82) is 0 Å². The molecular formula is C23H20N2O4. The second-order valence-electron chi connectivity index (χ2n) is 7.13. The Labute approximate surface area is 168 Å². The summed E-state index contributed by atoms with van der Waals surface area (Å²) in [6, 6.07) is 16.5. The van der Waals surface area contributed by atoms with Crippen LogP contribution in [0.3, 0.4) is 0 Å². The lowest BCUT2D eigenvalue weighted by Gasteiger charge is -2.30. The van der Waals surface area contributed by atoms with Crippen LogP contribution in [0.25, 0.3) is 0 Å². The Kier molecular flexibility index (Phi) is 5.08. The smallest absolute Gasteiger partial charge is 0.282 e. The third kappa shape index (κ3) is 3.87. The molecule has 0 spiro atoms. The van der Waals surface area contributed by atoms with Crippen LogP contribution in [0, 0.1) is 5.92 Å². The van der Waals surface area contributed by atoms with E-state index in [9.17, 15) is 14.4 Å². The number of Topliss-reactive ketones (excluding diaryl/α,β-unsaturated/α-hetero) is 1. The molecule has 6 heteroatoms. The zero-order valence-electron chi connectivity index (χ0n) is 15.9. The predicted octanol–water partition coefficient (Wildman–Crippen LogP) is 3.30. The topological polar surface area (TPSA) is 84.8 Å². The first kappa shape index (κ1) is 18.8. The summed E-state index contributed by atoms with van der Waals surface area (Å²) in [5.74, 6) is -1.14. The normalized spacial score (nSPS) is 21.0. The molecule has 1 aliphatic heterocycles. The highest BCUT2D eigenvalue weighted by Gasteiger charge is 2.38. The summed E-state index contributed by atoms with van der Waals surface area (Å²) in [5, 5.41) is 2.67. The number of allylic oxidation sites excluding steroid dienone is 1. The van der Waals surface area contributed by atoms with Gasteiger partial charge in [0, 0.05) is 17.8 Å². The third-order valence-electron chi connectivity index (χ3n) is 5.28. The molecule has 2 unspecified atom stereocenters. The average Bonchev–Trinajstić information content (AvgIpc) is 2.74. The number of hydrogen-bond acceptors (Lipinski definition) is 4. The van der Waals surface area contributed by atoms with Crippen molar-refractivity contribution >= 4 is 29.0 Å². The number of anilines is 1. The first-order valence-corrected chi connectivity index (χ1v) is 9.42. The highest BCUT2D eigenvalue weighted by molar-refractivity contribution is 6.29. The molecule has 1 heterocycles. The van der Waals surface area contributed by atoms with Gasteiger partial charge in [-0.2, -0.15) is 0 Å². The van der Waals surface area contributed by atoms with Gasteiger partial charge in [-0.1, -0.05) is 30.3 Å². The molecule has 0 bridgehead atoms. The number of amides is 2. The Bertz CT molecular complexity index is 1020. The molecule has 1 fully saturated rings. The van der Waals surface area contributed by atoms with Gasteiger partial charge in [0.1, 0.15) is 17.1 Å². The van der Waals surface area contributed by atoms with E-state index < -0.39 is 17.7 Å². The molecule has 6 nitrogen and oxygen atoms in total. The van der Waals surface area contributed by atoms with Gasteiger partial charge in [-0.25, -0.2) is 4.99 Å². The Balaban J connectivity index is 1.51. The van der Waals surface area contributed by atoms with Crippen LogP contribution in [0.1, 0.15) is 24.3 Å². The largest absolute Gasteiger partial charge is 0.497 e. The van der Waals surface area contributed by atoms with Crippen molar-refractivity contribution in [2.45, 2.75) is 18.8 Å². The van der Waals surface area contributed by atoms with Crippen LogP contribution < -0.4 is 10.1 Å². The van der Waals surface area contributed by atoms with Crippen molar-refractivity contribution in [2.75, 3.05) is 12.4 Å².